The number of piperazine rings is 1. The second-order valence-corrected chi connectivity index (χ2v) is 6.48. The second-order valence-electron chi connectivity index (χ2n) is 6.48. The zero-order valence-corrected chi connectivity index (χ0v) is 14.2. The van der Waals surface area contributed by atoms with Crippen LogP contribution in [0.4, 0.5) is 5.82 Å². The molecule has 0 saturated carbocycles. The van der Waals surface area contributed by atoms with Gasteiger partial charge in [-0.3, -0.25) is 4.57 Å². The number of aromatic carboxylic acids is 1. The van der Waals surface area contributed by atoms with Gasteiger partial charge in [-0.25, -0.2) is 4.79 Å². The summed E-state index contributed by atoms with van der Waals surface area (Å²) in [4.78, 5) is 16.6. The maximum atomic E-state index is 12.1. The van der Waals surface area contributed by atoms with Crippen LogP contribution >= 0.6 is 0 Å². The summed E-state index contributed by atoms with van der Waals surface area (Å²) < 4.78 is 2.09. The number of aromatic nitrogens is 1. The summed E-state index contributed by atoms with van der Waals surface area (Å²) in [5.74, 6) is -0.0900. The van der Waals surface area contributed by atoms with Crippen LogP contribution in [0.25, 0.3) is 16.6 Å². The number of hydrogen-bond donors (Lipinski definition) is 1. The fourth-order valence-electron chi connectivity index (χ4n) is 3.59. The van der Waals surface area contributed by atoms with Crippen LogP contribution in [0.1, 0.15) is 10.4 Å². The van der Waals surface area contributed by atoms with E-state index in [0.29, 0.717) is 5.56 Å². The molecule has 5 nitrogen and oxygen atoms in total. The largest absolute Gasteiger partial charge is 0.478 e. The van der Waals surface area contributed by atoms with Gasteiger partial charge in [-0.05, 0) is 25.2 Å². The summed E-state index contributed by atoms with van der Waals surface area (Å²) in [7, 11) is 2.10. The van der Waals surface area contributed by atoms with Crippen LogP contribution in [0.3, 0.4) is 0 Å². The van der Waals surface area contributed by atoms with Gasteiger partial charge in [0.25, 0.3) is 0 Å². The fourth-order valence-corrected chi connectivity index (χ4v) is 3.59. The third kappa shape index (κ3) is 2.66. The van der Waals surface area contributed by atoms with Crippen molar-refractivity contribution in [3.63, 3.8) is 0 Å². The van der Waals surface area contributed by atoms with E-state index in [4.69, 9.17) is 0 Å². The molecule has 3 aromatic rings. The van der Waals surface area contributed by atoms with E-state index in [2.05, 4.69) is 21.4 Å². The van der Waals surface area contributed by atoms with Gasteiger partial charge >= 0.3 is 5.97 Å². The highest BCUT2D eigenvalue weighted by molar-refractivity contribution is 6.10. The highest BCUT2D eigenvalue weighted by Crippen LogP contribution is 2.36. The summed E-state index contributed by atoms with van der Waals surface area (Å²) >= 11 is 0. The van der Waals surface area contributed by atoms with E-state index in [0.717, 1.165) is 48.6 Å². The number of carboxylic acids is 1. The van der Waals surface area contributed by atoms with Crippen molar-refractivity contribution < 1.29 is 9.90 Å². The molecular weight excluding hydrogens is 314 g/mol. The molecule has 0 bridgehead atoms. The SMILES string of the molecule is CN1CCN(c2c(C(=O)O)c3ccccc3n2-c2ccccc2)CC1. The maximum absolute atomic E-state index is 12.1. The third-order valence-electron chi connectivity index (χ3n) is 4.88. The van der Waals surface area contributed by atoms with Crippen molar-refractivity contribution in [2.75, 3.05) is 38.1 Å². The fraction of sp³-hybridized carbons (Fsp3) is 0.250. The number of rotatable bonds is 3. The van der Waals surface area contributed by atoms with Gasteiger partial charge in [0.15, 0.2) is 0 Å². The van der Waals surface area contributed by atoms with E-state index in [1.54, 1.807) is 0 Å². The topological polar surface area (TPSA) is 48.7 Å². The summed E-state index contributed by atoms with van der Waals surface area (Å²) in [6.07, 6.45) is 0. The van der Waals surface area contributed by atoms with E-state index < -0.39 is 5.97 Å². The Labute approximate surface area is 146 Å². The van der Waals surface area contributed by atoms with Crippen LogP contribution in [-0.2, 0) is 0 Å². The standard InChI is InChI=1S/C20H21N3O2/c1-21-11-13-22(14-12-21)19-18(20(24)25)16-9-5-6-10-17(16)23(19)15-7-3-2-4-8-15/h2-10H,11-14H2,1H3,(H,24,25). The first-order chi connectivity index (χ1) is 12.2. The van der Waals surface area contributed by atoms with Crippen molar-refractivity contribution in [1.82, 2.24) is 9.47 Å². The van der Waals surface area contributed by atoms with E-state index >= 15 is 0 Å². The van der Waals surface area contributed by atoms with Gasteiger partial charge < -0.3 is 14.9 Å². The van der Waals surface area contributed by atoms with E-state index in [1.807, 2.05) is 54.6 Å². The van der Waals surface area contributed by atoms with Crippen molar-refractivity contribution in [2.24, 2.45) is 0 Å². The number of nitrogens with zero attached hydrogens (tertiary/aromatic N) is 3. The highest BCUT2D eigenvalue weighted by atomic mass is 16.4. The minimum absolute atomic E-state index is 0.393. The minimum Gasteiger partial charge on any atom is -0.478 e. The van der Waals surface area contributed by atoms with Crippen molar-refractivity contribution in [1.29, 1.82) is 0 Å². The predicted octanol–water partition coefficient (Wildman–Crippen LogP) is 3.08. The quantitative estimate of drug-likeness (QED) is 0.799. The van der Waals surface area contributed by atoms with Crippen LogP contribution in [-0.4, -0.2) is 53.8 Å². The first-order valence-electron chi connectivity index (χ1n) is 8.52. The monoisotopic (exact) mass is 335 g/mol. The lowest BCUT2D eigenvalue weighted by atomic mass is 10.1. The van der Waals surface area contributed by atoms with Gasteiger partial charge in [0.05, 0.1) is 5.52 Å². The molecule has 0 spiro atoms. The Morgan fingerprint density at radius 1 is 0.920 bits per heavy atom. The van der Waals surface area contributed by atoms with Crippen molar-refractivity contribution in [3.05, 3.63) is 60.2 Å². The average molecular weight is 335 g/mol. The first kappa shape index (κ1) is 15.7. The van der Waals surface area contributed by atoms with Gasteiger partial charge in [-0.1, -0.05) is 36.4 Å². The average Bonchev–Trinajstić information content (AvgIpc) is 2.98. The molecule has 128 valence electrons. The summed E-state index contributed by atoms with van der Waals surface area (Å²) in [6, 6.07) is 17.7. The normalized spacial score (nSPS) is 15.6. The highest BCUT2D eigenvalue weighted by Gasteiger charge is 2.28. The van der Waals surface area contributed by atoms with Crippen molar-refractivity contribution in [3.8, 4) is 5.69 Å². The number of hydrogen-bond acceptors (Lipinski definition) is 3. The van der Waals surface area contributed by atoms with Crippen molar-refractivity contribution in [2.45, 2.75) is 0 Å². The summed E-state index contributed by atoms with van der Waals surface area (Å²) in [6.45, 7) is 3.49. The number of likely N-dealkylation sites (N-methyl/N-ethyl adjacent to an activating group) is 1. The summed E-state index contributed by atoms with van der Waals surface area (Å²) in [5, 5.41) is 10.7. The lowest BCUT2D eigenvalue weighted by molar-refractivity contribution is 0.0699. The van der Waals surface area contributed by atoms with Gasteiger partial charge in [0, 0.05) is 37.3 Å². The summed E-state index contributed by atoms with van der Waals surface area (Å²) in [5.41, 5.74) is 2.31. The number of carbonyl (C=O) groups is 1. The molecule has 2 heterocycles. The Balaban J connectivity index is 2.01. The molecule has 0 unspecified atom stereocenters. The smallest absolute Gasteiger partial charge is 0.340 e. The molecule has 1 N–H and O–H groups in total. The second kappa shape index (κ2) is 6.26. The molecule has 4 rings (SSSR count). The van der Waals surface area contributed by atoms with Crippen LogP contribution in [0, 0.1) is 0 Å². The minimum atomic E-state index is -0.875. The third-order valence-corrected chi connectivity index (χ3v) is 4.88. The van der Waals surface area contributed by atoms with E-state index in [-0.39, 0.29) is 0 Å². The van der Waals surface area contributed by atoms with Crippen LogP contribution in [0.5, 0.6) is 0 Å². The molecule has 1 aromatic heterocycles. The van der Waals surface area contributed by atoms with E-state index in [9.17, 15) is 9.90 Å². The number of carboxylic acid groups (broad SMARTS) is 1. The molecule has 0 amide bonds. The van der Waals surface area contributed by atoms with Gasteiger partial charge in [0.2, 0.25) is 0 Å². The Morgan fingerprint density at radius 2 is 1.56 bits per heavy atom. The molecule has 0 atom stereocenters. The molecule has 0 aliphatic carbocycles. The lowest BCUT2D eigenvalue weighted by Gasteiger charge is -2.35. The molecule has 0 radical (unpaired) electrons. The molecule has 1 aliphatic heterocycles. The molecule has 1 fully saturated rings. The van der Waals surface area contributed by atoms with Gasteiger partial charge in [-0.15, -0.1) is 0 Å². The predicted molar refractivity (Wildman–Crippen MR) is 99.9 cm³/mol. The van der Waals surface area contributed by atoms with E-state index in [1.165, 1.54) is 0 Å². The molecule has 5 heteroatoms. The Kier molecular flexibility index (Phi) is 3.93. The molecule has 1 saturated heterocycles. The Morgan fingerprint density at radius 3 is 2.24 bits per heavy atom. The Hall–Kier alpha value is -2.79. The number of fused-ring (bicyclic) bond motifs is 1. The van der Waals surface area contributed by atoms with Crippen LogP contribution < -0.4 is 4.90 Å². The number of para-hydroxylation sites is 2. The molecule has 1 aliphatic rings. The van der Waals surface area contributed by atoms with Crippen LogP contribution in [0.2, 0.25) is 0 Å². The van der Waals surface area contributed by atoms with Crippen LogP contribution in [0.15, 0.2) is 54.6 Å². The van der Waals surface area contributed by atoms with Gasteiger partial charge in [-0.2, -0.15) is 0 Å². The number of anilines is 1. The zero-order chi connectivity index (χ0) is 17.4. The van der Waals surface area contributed by atoms with Crippen molar-refractivity contribution >= 4 is 22.7 Å². The number of benzene rings is 2. The molecule has 2 aromatic carbocycles. The Bertz CT molecular complexity index is 909. The maximum Gasteiger partial charge on any atom is 0.340 e. The van der Waals surface area contributed by atoms with Gasteiger partial charge in [0.1, 0.15) is 11.4 Å². The first-order valence-corrected chi connectivity index (χ1v) is 8.52. The molecular formula is C20H21N3O2. The lowest BCUT2D eigenvalue weighted by Crippen LogP contribution is -2.45. The molecule has 25 heavy (non-hydrogen) atoms. The zero-order valence-electron chi connectivity index (χ0n) is 14.2.